The Labute approximate surface area is 199 Å². The maximum absolute atomic E-state index is 13.2. The van der Waals surface area contributed by atoms with E-state index in [0.29, 0.717) is 28.1 Å². The van der Waals surface area contributed by atoms with Crippen LogP contribution in [0.15, 0.2) is 47.7 Å². The van der Waals surface area contributed by atoms with Crippen molar-refractivity contribution in [2.24, 2.45) is 7.05 Å². The van der Waals surface area contributed by atoms with Crippen molar-refractivity contribution in [3.8, 4) is 0 Å². The number of nitrogens with zero attached hydrogens (tertiary/aromatic N) is 4. The van der Waals surface area contributed by atoms with Gasteiger partial charge in [0.05, 0.1) is 11.8 Å². The van der Waals surface area contributed by atoms with E-state index in [-0.39, 0.29) is 23.9 Å². The Kier molecular flexibility index (Phi) is 5.97. The molecule has 0 bridgehead atoms. The van der Waals surface area contributed by atoms with E-state index in [4.69, 9.17) is 0 Å². The van der Waals surface area contributed by atoms with E-state index in [1.165, 1.54) is 33.1 Å². The standard InChI is InChI=1S/C24H24N6O3S/c1-29-21-17(12-27-29)24(33)30(14-26-21)13-19(31)28-23-20(16-9-5-6-10-18(16)34-23)22(32)25-11-15-7-3-2-4-8-15/h2-4,7-8,12,14H,5-6,9-11,13H2,1H3,(H,25,32)(H,28,31). The van der Waals surface area contributed by atoms with Crippen molar-refractivity contribution < 1.29 is 9.59 Å². The number of carbonyl (C=O) groups is 2. The van der Waals surface area contributed by atoms with Crippen LogP contribution in [0.3, 0.4) is 0 Å². The fourth-order valence-corrected chi connectivity index (χ4v) is 5.56. The lowest BCUT2D eigenvalue weighted by Gasteiger charge is -2.13. The van der Waals surface area contributed by atoms with Gasteiger partial charge >= 0.3 is 0 Å². The summed E-state index contributed by atoms with van der Waals surface area (Å²) in [6, 6.07) is 9.70. The summed E-state index contributed by atoms with van der Waals surface area (Å²) in [6.45, 7) is 0.203. The van der Waals surface area contributed by atoms with Crippen molar-refractivity contribution in [3.63, 3.8) is 0 Å². The van der Waals surface area contributed by atoms with Gasteiger partial charge in [0.15, 0.2) is 5.65 Å². The molecule has 174 valence electrons. The van der Waals surface area contributed by atoms with Gasteiger partial charge in [-0.1, -0.05) is 30.3 Å². The zero-order valence-electron chi connectivity index (χ0n) is 18.7. The highest BCUT2D eigenvalue weighted by molar-refractivity contribution is 7.17. The van der Waals surface area contributed by atoms with Crippen LogP contribution >= 0.6 is 11.3 Å². The third-order valence-electron chi connectivity index (χ3n) is 5.98. The van der Waals surface area contributed by atoms with Gasteiger partial charge in [0.1, 0.15) is 23.3 Å². The molecular formula is C24H24N6O3S. The molecule has 3 heterocycles. The summed E-state index contributed by atoms with van der Waals surface area (Å²) in [5.74, 6) is -0.586. The van der Waals surface area contributed by atoms with Gasteiger partial charge < -0.3 is 10.6 Å². The predicted octanol–water partition coefficient (Wildman–Crippen LogP) is 2.64. The first-order chi connectivity index (χ1) is 16.5. The normalized spacial score (nSPS) is 13.0. The van der Waals surface area contributed by atoms with Crippen LogP contribution in [0.5, 0.6) is 0 Å². The van der Waals surface area contributed by atoms with Crippen LogP contribution in [0, 0.1) is 0 Å². The minimum Gasteiger partial charge on any atom is -0.348 e. The van der Waals surface area contributed by atoms with Gasteiger partial charge in [0.2, 0.25) is 5.91 Å². The maximum Gasteiger partial charge on any atom is 0.264 e. The second-order valence-corrected chi connectivity index (χ2v) is 9.42. The molecule has 0 spiro atoms. The van der Waals surface area contributed by atoms with Gasteiger partial charge in [-0.05, 0) is 36.8 Å². The van der Waals surface area contributed by atoms with Crippen molar-refractivity contribution in [1.82, 2.24) is 24.6 Å². The number of fused-ring (bicyclic) bond motifs is 2. The van der Waals surface area contributed by atoms with Crippen molar-refractivity contribution in [2.75, 3.05) is 5.32 Å². The summed E-state index contributed by atoms with van der Waals surface area (Å²) in [5.41, 5.74) is 2.69. The minimum absolute atomic E-state index is 0.200. The summed E-state index contributed by atoms with van der Waals surface area (Å²) in [6.07, 6.45) is 6.59. The summed E-state index contributed by atoms with van der Waals surface area (Å²) in [5, 5.41) is 10.8. The first-order valence-electron chi connectivity index (χ1n) is 11.1. The minimum atomic E-state index is -0.386. The largest absolute Gasteiger partial charge is 0.348 e. The highest BCUT2D eigenvalue weighted by Gasteiger charge is 2.26. The molecule has 2 N–H and O–H groups in total. The monoisotopic (exact) mass is 476 g/mol. The number of thiophene rings is 1. The van der Waals surface area contributed by atoms with Crippen LogP contribution in [0.1, 0.15) is 39.2 Å². The molecule has 34 heavy (non-hydrogen) atoms. The van der Waals surface area contributed by atoms with Gasteiger partial charge in [0, 0.05) is 18.5 Å². The second kappa shape index (κ2) is 9.22. The van der Waals surface area contributed by atoms with E-state index >= 15 is 0 Å². The Hall–Kier alpha value is -3.79. The number of benzene rings is 1. The average Bonchev–Trinajstić information content (AvgIpc) is 3.40. The molecule has 1 aromatic carbocycles. The molecule has 0 saturated carbocycles. The highest BCUT2D eigenvalue weighted by atomic mass is 32.1. The summed E-state index contributed by atoms with van der Waals surface area (Å²) < 4.78 is 2.76. The Bertz CT molecular complexity index is 1440. The first kappa shape index (κ1) is 22.0. The van der Waals surface area contributed by atoms with Gasteiger partial charge in [0.25, 0.3) is 11.5 Å². The van der Waals surface area contributed by atoms with Crippen molar-refractivity contribution in [3.05, 3.63) is 74.8 Å². The molecule has 0 atom stereocenters. The van der Waals surface area contributed by atoms with Crippen molar-refractivity contribution in [1.29, 1.82) is 0 Å². The van der Waals surface area contributed by atoms with Gasteiger partial charge in [-0.15, -0.1) is 11.3 Å². The topological polar surface area (TPSA) is 111 Å². The number of amides is 2. The lowest BCUT2D eigenvalue weighted by molar-refractivity contribution is -0.116. The number of rotatable bonds is 6. The van der Waals surface area contributed by atoms with Gasteiger partial charge in [-0.25, -0.2) is 4.98 Å². The number of hydrogen-bond donors (Lipinski definition) is 2. The smallest absolute Gasteiger partial charge is 0.264 e. The van der Waals surface area contributed by atoms with Crippen LogP contribution in [-0.2, 0) is 37.8 Å². The SMILES string of the molecule is Cn1ncc2c(=O)n(CC(=O)Nc3sc4c(c3C(=O)NCc3ccccc3)CCCC4)cnc21. The number of carbonyl (C=O) groups excluding carboxylic acids is 2. The molecule has 0 fully saturated rings. The highest BCUT2D eigenvalue weighted by Crippen LogP contribution is 2.38. The van der Waals surface area contributed by atoms with E-state index in [1.807, 2.05) is 30.3 Å². The number of nitrogens with one attached hydrogen (secondary N) is 2. The molecule has 0 aliphatic heterocycles. The Morgan fingerprint density at radius 2 is 1.94 bits per heavy atom. The molecular weight excluding hydrogens is 452 g/mol. The molecule has 9 nitrogen and oxygen atoms in total. The molecule has 10 heteroatoms. The van der Waals surface area contributed by atoms with Crippen LogP contribution in [0.4, 0.5) is 5.00 Å². The van der Waals surface area contributed by atoms with E-state index in [1.54, 1.807) is 7.05 Å². The number of aryl methyl sites for hydroxylation is 2. The van der Waals surface area contributed by atoms with Crippen LogP contribution in [-0.4, -0.2) is 31.1 Å². The van der Waals surface area contributed by atoms with Crippen molar-refractivity contribution in [2.45, 2.75) is 38.8 Å². The quantitative estimate of drug-likeness (QED) is 0.445. The van der Waals surface area contributed by atoms with E-state index in [9.17, 15) is 14.4 Å². The molecule has 5 rings (SSSR count). The van der Waals surface area contributed by atoms with Crippen LogP contribution in [0.2, 0.25) is 0 Å². The summed E-state index contributed by atoms with van der Waals surface area (Å²) in [4.78, 5) is 44.2. The van der Waals surface area contributed by atoms with E-state index < -0.39 is 0 Å². The van der Waals surface area contributed by atoms with E-state index in [2.05, 4.69) is 20.7 Å². The fourth-order valence-electron chi connectivity index (χ4n) is 4.26. The number of anilines is 1. The van der Waals surface area contributed by atoms with Crippen LogP contribution < -0.4 is 16.2 Å². The summed E-state index contributed by atoms with van der Waals surface area (Å²) >= 11 is 1.45. The summed E-state index contributed by atoms with van der Waals surface area (Å²) in [7, 11) is 1.70. The molecule has 3 aromatic heterocycles. The predicted molar refractivity (Wildman–Crippen MR) is 130 cm³/mol. The molecule has 0 radical (unpaired) electrons. The zero-order chi connectivity index (χ0) is 23.7. The fraction of sp³-hybridized carbons (Fsp3) is 0.292. The zero-order valence-corrected chi connectivity index (χ0v) is 19.5. The average molecular weight is 477 g/mol. The first-order valence-corrected chi connectivity index (χ1v) is 12.0. The molecule has 1 aliphatic carbocycles. The van der Waals surface area contributed by atoms with Crippen LogP contribution in [0.25, 0.3) is 11.0 Å². The third-order valence-corrected chi connectivity index (χ3v) is 7.19. The van der Waals surface area contributed by atoms with Gasteiger partial charge in [-0.3, -0.25) is 23.6 Å². The third kappa shape index (κ3) is 4.24. The number of aromatic nitrogens is 4. The lowest BCUT2D eigenvalue weighted by Crippen LogP contribution is -2.29. The molecule has 0 unspecified atom stereocenters. The lowest BCUT2D eigenvalue weighted by atomic mass is 9.95. The molecule has 0 saturated heterocycles. The molecule has 1 aliphatic rings. The number of hydrogen-bond acceptors (Lipinski definition) is 6. The van der Waals surface area contributed by atoms with Crippen molar-refractivity contribution >= 4 is 39.2 Å². The molecule has 2 amide bonds. The van der Waals surface area contributed by atoms with Gasteiger partial charge in [-0.2, -0.15) is 5.10 Å². The maximum atomic E-state index is 13.2. The second-order valence-electron chi connectivity index (χ2n) is 8.31. The van der Waals surface area contributed by atoms with E-state index in [0.717, 1.165) is 41.7 Å². The molecule has 4 aromatic rings. The Morgan fingerprint density at radius 3 is 2.76 bits per heavy atom. The Morgan fingerprint density at radius 1 is 1.15 bits per heavy atom. The Balaban J connectivity index is 1.37.